The Morgan fingerprint density at radius 1 is 1.42 bits per heavy atom. The van der Waals surface area contributed by atoms with Gasteiger partial charge in [0.2, 0.25) is 0 Å². The van der Waals surface area contributed by atoms with Crippen molar-refractivity contribution in [2.24, 2.45) is 0 Å². The maximum Gasteiger partial charge on any atom is 0.357 e. The molecule has 0 unspecified atom stereocenters. The number of rotatable bonds is 5. The molecule has 0 bridgehead atoms. The number of H-pyrrole nitrogens is 1. The highest BCUT2D eigenvalue weighted by Gasteiger charge is 2.20. The monoisotopic (exact) mass is 341 g/mol. The van der Waals surface area contributed by atoms with E-state index in [1.165, 1.54) is 0 Å². The molecule has 1 aromatic carbocycles. The van der Waals surface area contributed by atoms with E-state index in [4.69, 9.17) is 21.6 Å². The number of carbonyl (C=O) groups excluding carboxylic acids is 1. The maximum atomic E-state index is 12.1. The van der Waals surface area contributed by atoms with Crippen molar-refractivity contribution in [2.75, 3.05) is 6.61 Å². The molecule has 6 heteroatoms. The Labute approximate surface area is 145 Å². The Balaban J connectivity index is 2.40. The quantitative estimate of drug-likeness (QED) is 0.507. The molecule has 0 aliphatic heterocycles. The molecule has 5 nitrogen and oxygen atoms in total. The second kappa shape index (κ2) is 8.76. The minimum atomic E-state index is -0.500. The van der Waals surface area contributed by atoms with Gasteiger partial charge in [-0.2, -0.15) is 10.4 Å². The molecule has 0 atom stereocenters. The van der Waals surface area contributed by atoms with Crippen molar-refractivity contribution in [1.82, 2.24) is 10.2 Å². The summed E-state index contributed by atoms with van der Waals surface area (Å²) in [6, 6.07) is 9.25. The molecular weight excluding hydrogens is 326 g/mol. The summed E-state index contributed by atoms with van der Waals surface area (Å²) >= 11 is 6.03. The lowest BCUT2D eigenvalue weighted by Gasteiger charge is -2.01. The van der Waals surface area contributed by atoms with Crippen LogP contribution in [0.25, 0.3) is 11.3 Å². The number of hydrogen-bond donors (Lipinski definition) is 1. The topological polar surface area (TPSA) is 78.8 Å². The van der Waals surface area contributed by atoms with E-state index in [0.29, 0.717) is 35.5 Å². The lowest BCUT2D eigenvalue weighted by atomic mass is 10.1. The molecule has 0 aliphatic rings. The van der Waals surface area contributed by atoms with Crippen molar-refractivity contribution in [3.63, 3.8) is 0 Å². The van der Waals surface area contributed by atoms with Gasteiger partial charge in [-0.05, 0) is 25.5 Å². The van der Waals surface area contributed by atoms with Crippen molar-refractivity contribution in [3.8, 4) is 29.2 Å². The second-order valence-electron chi connectivity index (χ2n) is 4.87. The van der Waals surface area contributed by atoms with Gasteiger partial charge in [0.1, 0.15) is 5.69 Å². The lowest BCUT2D eigenvalue weighted by Crippen LogP contribution is -2.07. The first-order chi connectivity index (χ1) is 11.7. The summed E-state index contributed by atoms with van der Waals surface area (Å²) in [5, 5.41) is 16.0. The number of nitrogens with zero attached hydrogens (tertiary/aromatic N) is 2. The standard InChI is InChI=1S/C18H16ClN3O2/c1-2-24-18(23)17-15(10-5-3-4-6-11-20)16(21-22-17)13-8-7-9-14(19)12-13/h7-9,12H,2-4,6H2,1H3,(H,21,22). The number of ether oxygens (including phenoxy) is 1. The minimum absolute atomic E-state index is 0.222. The second-order valence-corrected chi connectivity index (χ2v) is 5.30. The summed E-state index contributed by atoms with van der Waals surface area (Å²) < 4.78 is 5.04. The van der Waals surface area contributed by atoms with Crippen LogP contribution in [0.15, 0.2) is 24.3 Å². The molecule has 0 amide bonds. The zero-order valence-electron chi connectivity index (χ0n) is 13.2. The fourth-order valence-corrected chi connectivity index (χ4v) is 2.26. The Kier molecular flexibility index (Phi) is 6.42. The van der Waals surface area contributed by atoms with Gasteiger partial charge in [0.25, 0.3) is 0 Å². The number of hydrogen-bond acceptors (Lipinski definition) is 4. The largest absolute Gasteiger partial charge is 0.461 e. The van der Waals surface area contributed by atoms with E-state index in [2.05, 4.69) is 28.1 Å². The fraction of sp³-hybridized carbons (Fsp3) is 0.278. The van der Waals surface area contributed by atoms with Crippen LogP contribution < -0.4 is 0 Å². The Morgan fingerprint density at radius 3 is 2.96 bits per heavy atom. The Hall–Kier alpha value is -2.76. The predicted molar refractivity (Wildman–Crippen MR) is 91.3 cm³/mol. The van der Waals surface area contributed by atoms with E-state index < -0.39 is 5.97 Å². The molecule has 1 heterocycles. The van der Waals surface area contributed by atoms with Crippen LogP contribution in [0.2, 0.25) is 5.02 Å². The van der Waals surface area contributed by atoms with Gasteiger partial charge in [0, 0.05) is 23.4 Å². The first-order valence-electron chi connectivity index (χ1n) is 7.54. The average molecular weight is 342 g/mol. The van der Waals surface area contributed by atoms with Gasteiger partial charge in [0.05, 0.1) is 18.2 Å². The molecule has 2 aromatic rings. The van der Waals surface area contributed by atoms with E-state index in [9.17, 15) is 4.79 Å². The molecule has 122 valence electrons. The summed E-state index contributed by atoms with van der Waals surface area (Å²) in [5.41, 5.74) is 2.01. The van der Waals surface area contributed by atoms with Gasteiger partial charge in [-0.15, -0.1) is 0 Å². The van der Waals surface area contributed by atoms with E-state index in [0.717, 1.165) is 5.56 Å². The Morgan fingerprint density at radius 2 is 2.25 bits per heavy atom. The van der Waals surface area contributed by atoms with Crippen LogP contribution in [-0.4, -0.2) is 22.8 Å². The molecule has 24 heavy (non-hydrogen) atoms. The van der Waals surface area contributed by atoms with Gasteiger partial charge in [-0.25, -0.2) is 4.79 Å². The summed E-state index contributed by atoms with van der Waals surface area (Å²) in [6.07, 6.45) is 1.70. The number of nitriles is 1. The third-order valence-electron chi connectivity index (χ3n) is 3.15. The first kappa shape index (κ1) is 17.6. The van der Waals surface area contributed by atoms with Crippen molar-refractivity contribution in [2.45, 2.75) is 26.2 Å². The van der Waals surface area contributed by atoms with Crippen molar-refractivity contribution in [3.05, 3.63) is 40.5 Å². The van der Waals surface area contributed by atoms with E-state index in [-0.39, 0.29) is 12.3 Å². The normalized spacial score (nSPS) is 9.71. The molecule has 0 spiro atoms. The first-order valence-corrected chi connectivity index (χ1v) is 7.92. The smallest absolute Gasteiger partial charge is 0.357 e. The van der Waals surface area contributed by atoms with E-state index in [1.54, 1.807) is 25.1 Å². The number of aromatic nitrogens is 2. The highest BCUT2D eigenvalue weighted by Crippen LogP contribution is 2.26. The predicted octanol–water partition coefficient (Wildman–Crippen LogP) is 3.95. The number of unbranched alkanes of at least 4 members (excludes halogenated alkanes) is 2. The van der Waals surface area contributed by atoms with Gasteiger partial charge < -0.3 is 4.74 Å². The van der Waals surface area contributed by atoms with Gasteiger partial charge >= 0.3 is 5.97 Å². The third-order valence-corrected chi connectivity index (χ3v) is 3.38. The number of nitrogens with one attached hydrogen (secondary N) is 1. The molecule has 0 fully saturated rings. The number of esters is 1. The molecule has 1 aromatic heterocycles. The SMILES string of the molecule is CCOC(=O)c1[nH]nc(-c2cccc(Cl)c2)c1C#CCCCC#N. The number of benzene rings is 1. The van der Waals surface area contributed by atoms with Gasteiger partial charge in [-0.3, -0.25) is 5.10 Å². The van der Waals surface area contributed by atoms with Gasteiger partial charge in [-0.1, -0.05) is 35.6 Å². The van der Waals surface area contributed by atoms with Crippen LogP contribution in [0.5, 0.6) is 0 Å². The number of halogens is 1. The van der Waals surface area contributed by atoms with Gasteiger partial charge in [0.15, 0.2) is 5.69 Å². The van der Waals surface area contributed by atoms with Crippen LogP contribution in [0.3, 0.4) is 0 Å². The van der Waals surface area contributed by atoms with Crippen LogP contribution in [-0.2, 0) is 4.74 Å². The van der Waals surface area contributed by atoms with Crippen LogP contribution >= 0.6 is 11.6 Å². The van der Waals surface area contributed by atoms with Crippen molar-refractivity contribution >= 4 is 17.6 Å². The summed E-state index contributed by atoms with van der Waals surface area (Å²) in [7, 11) is 0. The summed E-state index contributed by atoms with van der Waals surface area (Å²) in [6.45, 7) is 2.00. The van der Waals surface area contributed by atoms with Crippen molar-refractivity contribution < 1.29 is 9.53 Å². The fourth-order valence-electron chi connectivity index (χ4n) is 2.07. The molecule has 0 saturated carbocycles. The zero-order chi connectivity index (χ0) is 17.4. The third kappa shape index (κ3) is 4.38. The molecule has 0 saturated heterocycles. The highest BCUT2D eigenvalue weighted by atomic mass is 35.5. The number of aromatic amines is 1. The van der Waals surface area contributed by atoms with Crippen LogP contribution in [0, 0.1) is 23.2 Å². The van der Waals surface area contributed by atoms with E-state index in [1.807, 2.05) is 6.07 Å². The van der Waals surface area contributed by atoms with Crippen LogP contribution in [0.4, 0.5) is 0 Å². The van der Waals surface area contributed by atoms with E-state index >= 15 is 0 Å². The number of carbonyl (C=O) groups is 1. The average Bonchev–Trinajstić information content (AvgIpc) is 2.99. The van der Waals surface area contributed by atoms with Crippen LogP contribution in [0.1, 0.15) is 42.2 Å². The zero-order valence-corrected chi connectivity index (χ0v) is 14.0. The minimum Gasteiger partial charge on any atom is -0.461 e. The lowest BCUT2D eigenvalue weighted by molar-refractivity contribution is 0.0519. The highest BCUT2D eigenvalue weighted by molar-refractivity contribution is 6.30. The molecule has 0 aliphatic carbocycles. The molecule has 0 radical (unpaired) electrons. The summed E-state index contributed by atoms with van der Waals surface area (Å²) in [5.74, 6) is 5.46. The molecule has 2 rings (SSSR count). The summed E-state index contributed by atoms with van der Waals surface area (Å²) in [4.78, 5) is 12.1. The van der Waals surface area contributed by atoms with Crippen molar-refractivity contribution in [1.29, 1.82) is 5.26 Å². The molecule has 1 N–H and O–H groups in total. The molecular formula is C18H16ClN3O2. The Bertz CT molecular complexity index is 825. The maximum absolute atomic E-state index is 12.1.